The number of rotatable bonds is 4. The van der Waals surface area contributed by atoms with E-state index in [1.54, 1.807) is 7.11 Å². The summed E-state index contributed by atoms with van der Waals surface area (Å²) in [7, 11) is 1.67. The molecule has 1 aliphatic rings. The Morgan fingerprint density at radius 3 is 2.83 bits per heavy atom. The number of nitrogens with two attached hydrogens (primary N) is 1. The Morgan fingerprint density at radius 1 is 1.58 bits per heavy atom. The molecule has 72 valence electrons. The largest absolute Gasteiger partial charge is 0.376 e. The van der Waals surface area contributed by atoms with E-state index in [4.69, 9.17) is 19.9 Å². The monoisotopic (exact) mass is 175 g/mol. The minimum atomic E-state index is -0.00472. The van der Waals surface area contributed by atoms with E-state index in [2.05, 4.69) is 0 Å². The van der Waals surface area contributed by atoms with Crippen molar-refractivity contribution in [2.75, 3.05) is 26.9 Å². The smallest absolute Gasteiger partial charge is 0.113 e. The molecule has 0 amide bonds. The van der Waals surface area contributed by atoms with Gasteiger partial charge in [-0.1, -0.05) is 0 Å². The van der Waals surface area contributed by atoms with Gasteiger partial charge in [0.15, 0.2) is 0 Å². The van der Waals surface area contributed by atoms with Crippen LogP contribution in [-0.2, 0) is 14.2 Å². The quantitative estimate of drug-likeness (QED) is 0.641. The topological polar surface area (TPSA) is 53.7 Å². The number of ether oxygens (including phenoxy) is 3. The summed E-state index contributed by atoms with van der Waals surface area (Å²) >= 11 is 0. The average Bonchev–Trinajstić information content (AvgIpc) is 2.48. The van der Waals surface area contributed by atoms with E-state index in [1.165, 1.54) is 0 Å². The van der Waals surface area contributed by atoms with Crippen LogP contribution in [0.4, 0.5) is 0 Å². The molecule has 0 saturated carbocycles. The van der Waals surface area contributed by atoms with Crippen LogP contribution in [0.5, 0.6) is 0 Å². The normalized spacial score (nSPS) is 35.8. The lowest BCUT2D eigenvalue weighted by Crippen LogP contribution is -2.38. The van der Waals surface area contributed by atoms with Gasteiger partial charge in [-0.3, -0.25) is 0 Å². The maximum atomic E-state index is 5.51. The van der Waals surface area contributed by atoms with Crippen LogP contribution in [0.1, 0.15) is 6.92 Å². The van der Waals surface area contributed by atoms with Crippen LogP contribution >= 0.6 is 0 Å². The summed E-state index contributed by atoms with van der Waals surface area (Å²) in [5, 5.41) is 0. The Morgan fingerprint density at radius 2 is 2.33 bits per heavy atom. The third kappa shape index (κ3) is 1.95. The van der Waals surface area contributed by atoms with Crippen LogP contribution < -0.4 is 5.73 Å². The molecular weight excluding hydrogens is 158 g/mol. The first-order chi connectivity index (χ1) is 5.83. The first-order valence-corrected chi connectivity index (χ1v) is 4.29. The number of methoxy groups -OCH3 is 1. The highest BCUT2D eigenvalue weighted by Crippen LogP contribution is 2.19. The SMILES string of the molecule is CCOC1C(OC)COC1CN. The molecular formula is C8H17NO3. The van der Waals surface area contributed by atoms with E-state index < -0.39 is 0 Å². The van der Waals surface area contributed by atoms with Gasteiger partial charge in [0.1, 0.15) is 12.2 Å². The molecule has 1 fully saturated rings. The Labute approximate surface area is 73.0 Å². The summed E-state index contributed by atoms with van der Waals surface area (Å²) in [5.41, 5.74) is 5.51. The Bertz CT molecular complexity index is 119. The van der Waals surface area contributed by atoms with Crippen molar-refractivity contribution in [2.45, 2.75) is 25.2 Å². The zero-order valence-corrected chi connectivity index (χ0v) is 7.66. The Hall–Kier alpha value is -0.160. The van der Waals surface area contributed by atoms with E-state index in [1.807, 2.05) is 6.92 Å². The number of hydrogen-bond acceptors (Lipinski definition) is 4. The van der Waals surface area contributed by atoms with Gasteiger partial charge >= 0.3 is 0 Å². The van der Waals surface area contributed by atoms with Crippen LogP contribution in [0.2, 0.25) is 0 Å². The van der Waals surface area contributed by atoms with Gasteiger partial charge in [0.25, 0.3) is 0 Å². The second kappa shape index (κ2) is 4.77. The Balaban J connectivity index is 2.46. The highest BCUT2D eigenvalue weighted by molar-refractivity contribution is 4.86. The molecule has 0 aromatic carbocycles. The molecule has 3 unspecified atom stereocenters. The van der Waals surface area contributed by atoms with Gasteiger partial charge in [-0.2, -0.15) is 0 Å². The molecule has 4 nitrogen and oxygen atoms in total. The maximum Gasteiger partial charge on any atom is 0.113 e. The van der Waals surface area contributed by atoms with Gasteiger partial charge in [0.05, 0.1) is 12.7 Å². The zero-order chi connectivity index (χ0) is 8.97. The van der Waals surface area contributed by atoms with Crippen LogP contribution in [-0.4, -0.2) is 45.2 Å². The molecule has 4 heteroatoms. The third-order valence-electron chi connectivity index (χ3n) is 2.10. The van der Waals surface area contributed by atoms with Crippen molar-refractivity contribution < 1.29 is 14.2 Å². The zero-order valence-electron chi connectivity index (χ0n) is 7.66. The molecule has 0 bridgehead atoms. The van der Waals surface area contributed by atoms with E-state index in [0.717, 1.165) is 0 Å². The van der Waals surface area contributed by atoms with E-state index >= 15 is 0 Å². The van der Waals surface area contributed by atoms with Crippen molar-refractivity contribution in [2.24, 2.45) is 5.73 Å². The molecule has 0 aliphatic carbocycles. The molecule has 0 aromatic rings. The molecule has 1 heterocycles. The van der Waals surface area contributed by atoms with Crippen molar-refractivity contribution in [1.82, 2.24) is 0 Å². The first-order valence-electron chi connectivity index (χ1n) is 4.29. The van der Waals surface area contributed by atoms with Crippen molar-refractivity contribution in [3.63, 3.8) is 0 Å². The minimum Gasteiger partial charge on any atom is -0.376 e. The van der Waals surface area contributed by atoms with Crippen LogP contribution in [0.3, 0.4) is 0 Å². The van der Waals surface area contributed by atoms with Crippen LogP contribution in [0, 0.1) is 0 Å². The lowest BCUT2D eigenvalue weighted by molar-refractivity contribution is -0.0419. The van der Waals surface area contributed by atoms with Crippen molar-refractivity contribution >= 4 is 0 Å². The molecule has 1 rings (SSSR count). The highest BCUT2D eigenvalue weighted by Gasteiger charge is 2.37. The fourth-order valence-electron chi connectivity index (χ4n) is 1.46. The van der Waals surface area contributed by atoms with Gasteiger partial charge < -0.3 is 19.9 Å². The second-order valence-electron chi connectivity index (χ2n) is 2.80. The molecule has 0 radical (unpaired) electrons. The van der Waals surface area contributed by atoms with Gasteiger partial charge in [-0.25, -0.2) is 0 Å². The van der Waals surface area contributed by atoms with Gasteiger partial charge in [0.2, 0.25) is 0 Å². The van der Waals surface area contributed by atoms with E-state index in [0.29, 0.717) is 19.8 Å². The summed E-state index contributed by atoms with van der Waals surface area (Å²) in [5.74, 6) is 0. The van der Waals surface area contributed by atoms with Crippen LogP contribution in [0.15, 0.2) is 0 Å². The van der Waals surface area contributed by atoms with Gasteiger partial charge in [-0.05, 0) is 6.92 Å². The first kappa shape index (κ1) is 9.92. The van der Waals surface area contributed by atoms with Gasteiger partial charge in [0, 0.05) is 20.3 Å². The summed E-state index contributed by atoms with van der Waals surface area (Å²) in [6.45, 7) is 3.70. The predicted molar refractivity (Wildman–Crippen MR) is 45.0 cm³/mol. The van der Waals surface area contributed by atoms with E-state index in [-0.39, 0.29) is 18.3 Å². The van der Waals surface area contributed by atoms with Crippen LogP contribution in [0.25, 0.3) is 0 Å². The number of hydrogen-bond donors (Lipinski definition) is 1. The third-order valence-corrected chi connectivity index (χ3v) is 2.10. The molecule has 3 atom stereocenters. The molecule has 0 aromatic heterocycles. The van der Waals surface area contributed by atoms with Crippen molar-refractivity contribution in [1.29, 1.82) is 0 Å². The fraction of sp³-hybridized carbons (Fsp3) is 1.00. The second-order valence-corrected chi connectivity index (χ2v) is 2.80. The maximum absolute atomic E-state index is 5.51. The molecule has 1 aliphatic heterocycles. The molecule has 12 heavy (non-hydrogen) atoms. The fourth-order valence-corrected chi connectivity index (χ4v) is 1.46. The summed E-state index contributed by atoms with van der Waals surface area (Å²) in [6, 6.07) is 0. The van der Waals surface area contributed by atoms with Crippen molar-refractivity contribution in [3.8, 4) is 0 Å². The summed E-state index contributed by atoms with van der Waals surface area (Å²) in [6.07, 6.45) is 0.0402. The van der Waals surface area contributed by atoms with E-state index in [9.17, 15) is 0 Å². The molecule has 2 N–H and O–H groups in total. The summed E-state index contributed by atoms with van der Waals surface area (Å²) in [4.78, 5) is 0. The van der Waals surface area contributed by atoms with Crippen molar-refractivity contribution in [3.05, 3.63) is 0 Å². The van der Waals surface area contributed by atoms with Gasteiger partial charge in [-0.15, -0.1) is 0 Å². The standard InChI is InChI=1S/C8H17NO3/c1-3-11-8-6(4-9)12-5-7(8)10-2/h6-8H,3-5,9H2,1-2H3. The predicted octanol–water partition coefficient (Wildman–Crippen LogP) is -0.236. The summed E-state index contributed by atoms with van der Waals surface area (Å²) < 4.78 is 16.1. The molecule has 1 saturated heterocycles. The molecule has 0 spiro atoms. The highest BCUT2D eigenvalue weighted by atomic mass is 16.6. The lowest BCUT2D eigenvalue weighted by Gasteiger charge is -2.20. The average molecular weight is 175 g/mol. The Kier molecular flexibility index (Phi) is 3.94. The lowest BCUT2D eigenvalue weighted by atomic mass is 10.1. The minimum absolute atomic E-state index is 0.00463.